The molecule has 1 rings (SSSR count). The van der Waals surface area contributed by atoms with Crippen LogP contribution in [0.1, 0.15) is 43.8 Å². The average molecular weight is 254 g/mol. The van der Waals surface area contributed by atoms with Gasteiger partial charge in [0.25, 0.3) is 0 Å². The molecule has 17 heavy (non-hydrogen) atoms. The molecule has 94 valence electrons. The lowest BCUT2D eigenvalue weighted by molar-refractivity contribution is -0.133. The van der Waals surface area contributed by atoms with Crippen LogP contribution in [0.4, 0.5) is 0 Å². The Morgan fingerprint density at radius 2 is 2.06 bits per heavy atom. The predicted molar refractivity (Wildman–Crippen MR) is 68.6 cm³/mol. The summed E-state index contributed by atoms with van der Waals surface area (Å²) in [6, 6.07) is 0. The third-order valence-electron chi connectivity index (χ3n) is 2.40. The van der Waals surface area contributed by atoms with Crippen molar-refractivity contribution in [3.05, 3.63) is 17.1 Å². The van der Waals surface area contributed by atoms with Crippen LogP contribution < -0.4 is 0 Å². The van der Waals surface area contributed by atoms with E-state index in [4.69, 9.17) is 5.11 Å². The number of thioether (sulfide) groups is 1. The average Bonchev–Trinajstić information content (AvgIpc) is 2.27. The van der Waals surface area contributed by atoms with Gasteiger partial charge in [0.05, 0.1) is 5.75 Å². The maximum absolute atomic E-state index is 10.6. The second kappa shape index (κ2) is 6.00. The minimum Gasteiger partial charge on any atom is -0.481 e. The molecule has 1 aromatic rings. The first-order chi connectivity index (χ1) is 7.95. The Morgan fingerprint density at radius 3 is 2.53 bits per heavy atom. The number of hydrogen-bond donors (Lipinski definition) is 1. The van der Waals surface area contributed by atoms with E-state index in [1.165, 1.54) is 11.8 Å². The molecule has 0 bridgehead atoms. The van der Waals surface area contributed by atoms with Crippen molar-refractivity contribution in [2.24, 2.45) is 0 Å². The third-order valence-corrected chi connectivity index (χ3v) is 3.47. The number of hydrogen-bond acceptors (Lipinski definition) is 4. The highest BCUT2D eigenvalue weighted by Crippen LogP contribution is 2.24. The van der Waals surface area contributed by atoms with Crippen molar-refractivity contribution in [1.29, 1.82) is 0 Å². The number of aromatic nitrogens is 2. The van der Waals surface area contributed by atoms with Gasteiger partial charge in [0.15, 0.2) is 0 Å². The van der Waals surface area contributed by atoms with Crippen LogP contribution in [0.25, 0.3) is 0 Å². The van der Waals surface area contributed by atoms with Gasteiger partial charge in [0.2, 0.25) is 0 Å². The van der Waals surface area contributed by atoms with Crippen LogP contribution in [0.5, 0.6) is 0 Å². The molecule has 0 unspecified atom stereocenters. The summed E-state index contributed by atoms with van der Waals surface area (Å²) in [7, 11) is 0. The molecule has 0 spiro atoms. The van der Waals surface area contributed by atoms with Crippen LogP contribution >= 0.6 is 11.8 Å². The molecule has 0 aliphatic heterocycles. The van der Waals surface area contributed by atoms with E-state index in [0.717, 1.165) is 28.5 Å². The standard InChI is InChI=1S/C12H18N2O2S/c1-5-9-8(4)12(17-6-10(15)16)14-11(13-9)7(2)3/h7H,5-6H2,1-4H3,(H,15,16). The largest absolute Gasteiger partial charge is 0.481 e. The first-order valence-corrected chi connectivity index (χ1v) is 6.66. The van der Waals surface area contributed by atoms with Gasteiger partial charge < -0.3 is 5.11 Å². The van der Waals surface area contributed by atoms with Crippen LogP contribution in [-0.2, 0) is 11.2 Å². The van der Waals surface area contributed by atoms with Gasteiger partial charge in [-0.2, -0.15) is 0 Å². The number of carboxylic acids is 1. The zero-order valence-corrected chi connectivity index (χ0v) is 11.5. The molecule has 5 heteroatoms. The van der Waals surface area contributed by atoms with Crippen molar-refractivity contribution in [3.8, 4) is 0 Å². The Kier molecular flexibility index (Phi) is 4.93. The monoisotopic (exact) mass is 254 g/mol. The fourth-order valence-corrected chi connectivity index (χ4v) is 2.18. The number of aryl methyl sites for hydroxylation is 1. The highest BCUT2D eigenvalue weighted by molar-refractivity contribution is 7.99. The predicted octanol–water partition coefficient (Wildman–Crippen LogP) is 2.65. The van der Waals surface area contributed by atoms with Gasteiger partial charge in [-0.15, -0.1) is 0 Å². The summed E-state index contributed by atoms with van der Waals surface area (Å²) in [6.45, 7) is 8.07. The van der Waals surface area contributed by atoms with Crippen molar-refractivity contribution < 1.29 is 9.90 Å². The maximum Gasteiger partial charge on any atom is 0.313 e. The van der Waals surface area contributed by atoms with Gasteiger partial charge >= 0.3 is 5.97 Å². The quantitative estimate of drug-likeness (QED) is 0.646. The summed E-state index contributed by atoms with van der Waals surface area (Å²) >= 11 is 1.27. The lowest BCUT2D eigenvalue weighted by atomic mass is 10.1. The van der Waals surface area contributed by atoms with E-state index in [1.807, 2.05) is 27.7 Å². The summed E-state index contributed by atoms with van der Waals surface area (Å²) in [4.78, 5) is 19.5. The molecule has 0 fully saturated rings. The molecule has 0 aliphatic rings. The van der Waals surface area contributed by atoms with Crippen LogP contribution in [0.15, 0.2) is 5.03 Å². The minimum atomic E-state index is -0.822. The normalized spacial score (nSPS) is 10.9. The molecule has 0 saturated carbocycles. The third kappa shape index (κ3) is 3.70. The maximum atomic E-state index is 10.6. The molecule has 4 nitrogen and oxygen atoms in total. The first kappa shape index (κ1) is 14.0. The van der Waals surface area contributed by atoms with Gasteiger partial charge in [-0.25, -0.2) is 9.97 Å². The second-order valence-corrected chi connectivity index (χ2v) is 5.11. The van der Waals surface area contributed by atoms with Crippen molar-refractivity contribution >= 4 is 17.7 Å². The number of rotatable bonds is 5. The van der Waals surface area contributed by atoms with E-state index in [9.17, 15) is 4.79 Å². The Morgan fingerprint density at radius 1 is 1.41 bits per heavy atom. The second-order valence-electron chi connectivity index (χ2n) is 4.15. The summed E-state index contributed by atoms with van der Waals surface area (Å²) in [5.41, 5.74) is 2.01. The van der Waals surface area contributed by atoms with E-state index in [-0.39, 0.29) is 11.7 Å². The Hall–Kier alpha value is -1.10. The van der Waals surface area contributed by atoms with Crippen LogP contribution in [0, 0.1) is 6.92 Å². The molecule has 0 amide bonds. The summed E-state index contributed by atoms with van der Waals surface area (Å²) < 4.78 is 0. The van der Waals surface area contributed by atoms with E-state index in [0.29, 0.717) is 0 Å². The van der Waals surface area contributed by atoms with Crippen molar-refractivity contribution in [3.63, 3.8) is 0 Å². The van der Waals surface area contributed by atoms with Crippen molar-refractivity contribution in [1.82, 2.24) is 9.97 Å². The highest BCUT2D eigenvalue weighted by atomic mass is 32.2. The molecule has 1 heterocycles. The molecule has 1 N–H and O–H groups in total. The van der Waals surface area contributed by atoms with Crippen LogP contribution in [0.2, 0.25) is 0 Å². The zero-order chi connectivity index (χ0) is 13.0. The Labute approximate surface area is 106 Å². The van der Waals surface area contributed by atoms with Gasteiger partial charge in [-0.05, 0) is 13.3 Å². The topological polar surface area (TPSA) is 63.1 Å². The molecule has 0 atom stereocenters. The van der Waals surface area contributed by atoms with E-state index in [2.05, 4.69) is 9.97 Å². The van der Waals surface area contributed by atoms with Gasteiger partial charge in [0.1, 0.15) is 10.9 Å². The number of carboxylic acid groups (broad SMARTS) is 1. The fraction of sp³-hybridized carbons (Fsp3) is 0.583. The van der Waals surface area contributed by atoms with E-state index in [1.54, 1.807) is 0 Å². The van der Waals surface area contributed by atoms with Crippen molar-refractivity contribution in [2.75, 3.05) is 5.75 Å². The minimum absolute atomic E-state index is 0.0402. The summed E-state index contributed by atoms with van der Waals surface area (Å²) in [6.07, 6.45) is 0.842. The van der Waals surface area contributed by atoms with Gasteiger partial charge in [-0.1, -0.05) is 32.5 Å². The summed E-state index contributed by atoms with van der Waals surface area (Å²) in [5, 5.41) is 9.50. The molecule has 0 radical (unpaired) electrons. The SMILES string of the molecule is CCc1nc(C(C)C)nc(SCC(=O)O)c1C. The fourth-order valence-electron chi connectivity index (χ4n) is 1.43. The molecule has 1 aromatic heterocycles. The van der Waals surface area contributed by atoms with Gasteiger partial charge in [-0.3, -0.25) is 4.79 Å². The number of carbonyl (C=O) groups is 1. The zero-order valence-electron chi connectivity index (χ0n) is 10.6. The number of nitrogens with zero attached hydrogens (tertiary/aromatic N) is 2. The smallest absolute Gasteiger partial charge is 0.313 e. The van der Waals surface area contributed by atoms with E-state index >= 15 is 0 Å². The molecule has 0 saturated heterocycles. The van der Waals surface area contributed by atoms with Crippen LogP contribution in [-0.4, -0.2) is 26.8 Å². The lowest BCUT2D eigenvalue weighted by Crippen LogP contribution is -2.07. The highest BCUT2D eigenvalue weighted by Gasteiger charge is 2.13. The Balaban J connectivity index is 3.08. The van der Waals surface area contributed by atoms with Crippen molar-refractivity contribution in [2.45, 2.75) is 45.1 Å². The van der Waals surface area contributed by atoms with E-state index < -0.39 is 5.97 Å². The molecule has 0 aliphatic carbocycles. The summed E-state index contributed by atoms with van der Waals surface area (Å²) in [5.74, 6) is 0.265. The van der Waals surface area contributed by atoms with Crippen LogP contribution in [0.3, 0.4) is 0 Å². The molecular weight excluding hydrogens is 236 g/mol. The first-order valence-electron chi connectivity index (χ1n) is 5.67. The Bertz CT molecular complexity index is 419. The number of aliphatic carboxylic acids is 1. The molecular formula is C12H18N2O2S. The molecule has 0 aromatic carbocycles. The lowest BCUT2D eigenvalue weighted by Gasteiger charge is -2.12. The van der Waals surface area contributed by atoms with Gasteiger partial charge in [0, 0.05) is 17.2 Å².